The standard InChI is InChI=1S/C16H21NO4/c1-21-11-13-6-2-3-7-14(13)16(20)17-8-4-5-12(10-17)9-15(18)19/h2-3,6-7,12H,4-5,8-11H2,1H3,(H,18,19). The molecule has 1 unspecified atom stereocenters. The van der Waals surface area contributed by atoms with Gasteiger partial charge in [-0.3, -0.25) is 9.59 Å². The Bertz CT molecular complexity index is 515. The van der Waals surface area contributed by atoms with E-state index in [9.17, 15) is 9.59 Å². The van der Waals surface area contributed by atoms with Gasteiger partial charge in [0.15, 0.2) is 0 Å². The Kier molecular flexibility index (Phi) is 5.33. The highest BCUT2D eigenvalue weighted by Crippen LogP contribution is 2.22. The SMILES string of the molecule is COCc1ccccc1C(=O)N1CCCC(CC(=O)O)C1. The second-order valence-electron chi connectivity index (χ2n) is 5.45. The molecule has 2 rings (SSSR count). The van der Waals surface area contributed by atoms with E-state index in [1.807, 2.05) is 18.2 Å². The van der Waals surface area contributed by atoms with Crippen LogP contribution in [0.15, 0.2) is 24.3 Å². The van der Waals surface area contributed by atoms with Gasteiger partial charge in [0.1, 0.15) is 0 Å². The maximum atomic E-state index is 12.6. The first-order chi connectivity index (χ1) is 10.1. The summed E-state index contributed by atoms with van der Waals surface area (Å²) in [5, 5.41) is 8.90. The fraction of sp³-hybridized carbons (Fsp3) is 0.500. The Morgan fingerprint density at radius 3 is 2.86 bits per heavy atom. The van der Waals surface area contributed by atoms with Crippen molar-refractivity contribution in [1.29, 1.82) is 0 Å². The van der Waals surface area contributed by atoms with Gasteiger partial charge in [0.25, 0.3) is 5.91 Å². The van der Waals surface area contributed by atoms with Crippen molar-refractivity contribution in [3.8, 4) is 0 Å². The second-order valence-corrected chi connectivity index (χ2v) is 5.45. The van der Waals surface area contributed by atoms with E-state index in [2.05, 4.69) is 0 Å². The molecule has 0 saturated carbocycles. The number of rotatable bonds is 5. The molecule has 1 atom stereocenters. The minimum atomic E-state index is -0.797. The highest BCUT2D eigenvalue weighted by molar-refractivity contribution is 5.95. The molecule has 5 nitrogen and oxygen atoms in total. The topological polar surface area (TPSA) is 66.8 Å². The van der Waals surface area contributed by atoms with E-state index >= 15 is 0 Å². The predicted molar refractivity (Wildman–Crippen MR) is 78.0 cm³/mol. The summed E-state index contributed by atoms with van der Waals surface area (Å²) >= 11 is 0. The number of carboxylic acid groups (broad SMARTS) is 1. The molecule has 1 N–H and O–H groups in total. The van der Waals surface area contributed by atoms with E-state index in [1.165, 1.54) is 0 Å². The largest absolute Gasteiger partial charge is 0.481 e. The van der Waals surface area contributed by atoms with Gasteiger partial charge in [-0.2, -0.15) is 0 Å². The van der Waals surface area contributed by atoms with Gasteiger partial charge in [0, 0.05) is 32.2 Å². The number of nitrogens with zero attached hydrogens (tertiary/aromatic N) is 1. The quantitative estimate of drug-likeness (QED) is 0.902. The Hall–Kier alpha value is -1.88. The number of likely N-dealkylation sites (tertiary alicyclic amines) is 1. The van der Waals surface area contributed by atoms with Crippen LogP contribution >= 0.6 is 0 Å². The molecule has 0 aromatic heterocycles. The summed E-state index contributed by atoms with van der Waals surface area (Å²) in [7, 11) is 1.60. The highest BCUT2D eigenvalue weighted by Gasteiger charge is 2.26. The van der Waals surface area contributed by atoms with E-state index in [0.717, 1.165) is 18.4 Å². The zero-order chi connectivity index (χ0) is 15.2. The van der Waals surface area contributed by atoms with Crippen molar-refractivity contribution in [1.82, 2.24) is 4.90 Å². The van der Waals surface area contributed by atoms with Gasteiger partial charge in [-0.05, 0) is 30.4 Å². The van der Waals surface area contributed by atoms with Crippen molar-refractivity contribution in [3.05, 3.63) is 35.4 Å². The molecule has 1 amide bonds. The Morgan fingerprint density at radius 1 is 1.38 bits per heavy atom. The lowest BCUT2D eigenvalue weighted by Gasteiger charge is -2.32. The number of methoxy groups -OCH3 is 1. The van der Waals surface area contributed by atoms with Crippen molar-refractivity contribution in [2.75, 3.05) is 20.2 Å². The zero-order valence-corrected chi connectivity index (χ0v) is 12.2. The number of benzene rings is 1. The van der Waals surface area contributed by atoms with Crippen molar-refractivity contribution in [3.63, 3.8) is 0 Å². The maximum absolute atomic E-state index is 12.6. The number of hydrogen-bond donors (Lipinski definition) is 1. The lowest BCUT2D eigenvalue weighted by molar-refractivity contribution is -0.138. The molecule has 0 aliphatic carbocycles. The average Bonchev–Trinajstić information content (AvgIpc) is 2.47. The van der Waals surface area contributed by atoms with Gasteiger partial charge in [0.05, 0.1) is 6.61 Å². The van der Waals surface area contributed by atoms with Crippen molar-refractivity contribution >= 4 is 11.9 Å². The number of carbonyl (C=O) groups excluding carboxylic acids is 1. The molecule has 1 heterocycles. The molecule has 1 saturated heterocycles. The van der Waals surface area contributed by atoms with Crippen LogP contribution in [0.4, 0.5) is 0 Å². The van der Waals surface area contributed by atoms with E-state index in [0.29, 0.717) is 25.3 Å². The van der Waals surface area contributed by atoms with Gasteiger partial charge in [-0.1, -0.05) is 18.2 Å². The zero-order valence-electron chi connectivity index (χ0n) is 12.2. The molecule has 21 heavy (non-hydrogen) atoms. The van der Waals surface area contributed by atoms with Crippen LogP contribution < -0.4 is 0 Å². The maximum Gasteiger partial charge on any atom is 0.303 e. The van der Waals surface area contributed by atoms with Crippen LogP contribution in [-0.2, 0) is 16.1 Å². The number of carbonyl (C=O) groups is 2. The third kappa shape index (κ3) is 4.04. The van der Waals surface area contributed by atoms with E-state index < -0.39 is 5.97 Å². The number of hydrogen-bond acceptors (Lipinski definition) is 3. The van der Waals surface area contributed by atoms with Crippen LogP contribution in [0.5, 0.6) is 0 Å². The van der Waals surface area contributed by atoms with Gasteiger partial charge in [0.2, 0.25) is 0 Å². The number of amides is 1. The van der Waals surface area contributed by atoms with Crippen molar-refractivity contribution < 1.29 is 19.4 Å². The van der Waals surface area contributed by atoms with Crippen LogP contribution in [0, 0.1) is 5.92 Å². The fourth-order valence-corrected chi connectivity index (χ4v) is 2.84. The molecule has 114 valence electrons. The molecular weight excluding hydrogens is 270 g/mol. The van der Waals surface area contributed by atoms with Crippen molar-refractivity contribution in [2.45, 2.75) is 25.9 Å². The van der Waals surface area contributed by atoms with Gasteiger partial charge >= 0.3 is 5.97 Å². The summed E-state index contributed by atoms with van der Waals surface area (Å²) in [6.45, 7) is 1.61. The Balaban J connectivity index is 2.10. The summed E-state index contributed by atoms with van der Waals surface area (Å²) in [6, 6.07) is 7.41. The summed E-state index contributed by atoms with van der Waals surface area (Å²) in [6.07, 6.45) is 1.86. The van der Waals surface area contributed by atoms with Crippen LogP contribution in [0.2, 0.25) is 0 Å². The fourth-order valence-electron chi connectivity index (χ4n) is 2.84. The summed E-state index contributed by atoms with van der Waals surface area (Å²) in [5.74, 6) is -0.776. The van der Waals surface area contributed by atoms with Gasteiger partial charge < -0.3 is 14.7 Å². The minimum absolute atomic E-state index is 0.0299. The van der Waals surface area contributed by atoms with E-state index in [-0.39, 0.29) is 18.2 Å². The molecule has 0 bridgehead atoms. The molecular formula is C16H21NO4. The first-order valence-corrected chi connectivity index (χ1v) is 7.19. The second kappa shape index (κ2) is 7.22. The van der Waals surface area contributed by atoms with Crippen LogP contribution in [-0.4, -0.2) is 42.1 Å². The summed E-state index contributed by atoms with van der Waals surface area (Å²) in [4.78, 5) is 25.3. The summed E-state index contributed by atoms with van der Waals surface area (Å²) in [5.41, 5.74) is 1.51. The lowest BCUT2D eigenvalue weighted by atomic mass is 9.94. The predicted octanol–water partition coefficient (Wildman–Crippen LogP) is 2.16. The van der Waals surface area contributed by atoms with E-state index in [4.69, 9.17) is 9.84 Å². The number of aliphatic carboxylic acids is 1. The molecule has 1 aromatic carbocycles. The minimum Gasteiger partial charge on any atom is -0.481 e. The van der Waals surface area contributed by atoms with Crippen LogP contribution in [0.25, 0.3) is 0 Å². The van der Waals surface area contributed by atoms with E-state index in [1.54, 1.807) is 18.1 Å². The first-order valence-electron chi connectivity index (χ1n) is 7.19. The van der Waals surface area contributed by atoms with Crippen LogP contribution in [0.1, 0.15) is 35.2 Å². The Labute approximate surface area is 124 Å². The normalized spacial score (nSPS) is 18.5. The number of ether oxygens (including phenoxy) is 1. The van der Waals surface area contributed by atoms with Gasteiger partial charge in [-0.15, -0.1) is 0 Å². The molecule has 1 aliphatic rings. The molecule has 0 radical (unpaired) electrons. The molecule has 1 aromatic rings. The first kappa shape index (κ1) is 15.5. The third-order valence-corrected chi connectivity index (χ3v) is 3.82. The number of carboxylic acids is 1. The lowest BCUT2D eigenvalue weighted by Crippen LogP contribution is -2.40. The van der Waals surface area contributed by atoms with Crippen molar-refractivity contribution in [2.24, 2.45) is 5.92 Å². The molecule has 5 heteroatoms. The molecule has 1 aliphatic heterocycles. The van der Waals surface area contributed by atoms with Gasteiger partial charge in [-0.25, -0.2) is 0 Å². The van der Waals surface area contributed by atoms with Crippen LogP contribution in [0.3, 0.4) is 0 Å². The Morgan fingerprint density at radius 2 is 2.14 bits per heavy atom. The average molecular weight is 291 g/mol. The highest BCUT2D eigenvalue weighted by atomic mass is 16.5. The monoisotopic (exact) mass is 291 g/mol. The molecule has 1 fully saturated rings. The summed E-state index contributed by atoms with van der Waals surface area (Å²) < 4.78 is 5.13. The third-order valence-electron chi connectivity index (χ3n) is 3.82. The number of piperidine rings is 1. The smallest absolute Gasteiger partial charge is 0.303 e. The molecule has 0 spiro atoms.